The van der Waals surface area contributed by atoms with E-state index in [0.717, 1.165) is 12.1 Å². The Kier molecular flexibility index (Phi) is 4.34. The number of hydrogen-bond acceptors (Lipinski definition) is 3. The van der Waals surface area contributed by atoms with Crippen LogP contribution in [-0.2, 0) is 6.18 Å². The lowest BCUT2D eigenvalue weighted by Crippen LogP contribution is -2.14. The first-order valence-corrected chi connectivity index (χ1v) is 6.46. The van der Waals surface area contributed by atoms with Gasteiger partial charge < -0.3 is 11.1 Å². The first-order chi connectivity index (χ1) is 9.79. The van der Waals surface area contributed by atoms with Gasteiger partial charge in [-0.2, -0.15) is 13.2 Å². The van der Waals surface area contributed by atoms with Gasteiger partial charge in [0, 0.05) is 6.20 Å². The van der Waals surface area contributed by atoms with E-state index in [1.807, 2.05) is 0 Å². The lowest BCUT2D eigenvalue weighted by atomic mass is 10.2. The van der Waals surface area contributed by atoms with Gasteiger partial charge in [-0.1, -0.05) is 23.8 Å². The van der Waals surface area contributed by atoms with Crippen LogP contribution in [0.2, 0.25) is 5.02 Å². The average molecular weight is 332 g/mol. The summed E-state index contributed by atoms with van der Waals surface area (Å²) in [4.78, 5) is 4.01. The summed E-state index contributed by atoms with van der Waals surface area (Å²) in [6.45, 7) is 0. The molecule has 0 unspecified atom stereocenters. The van der Waals surface area contributed by atoms with E-state index in [0.29, 0.717) is 5.69 Å². The van der Waals surface area contributed by atoms with Gasteiger partial charge in [-0.3, -0.25) is 4.98 Å². The van der Waals surface area contributed by atoms with Crippen molar-refractivity contribution in [1.82, 2.24) is 4.98 Å². The van der Waals surface area contributed by atoms with Crippen LogP contribution in [0.25, 0.3) is 0 Å². The number of nitrogens with zero attached hydrogens (tertiary/aromatic N) is 1. The minimum Gasteiger partial charge on any atom is -0.388 e. The summed E-state index contributed by atoms with van der Waals surface area (Å²) < 4.78 is 38.2. The molecule has 0 aliphatic heterocycles. The molecule has 0 aliphatic rings. The van der Waals surface area contributed by atoms with Crippen molar-refractivity contribution in [3.8, 4) is 0 Å². The van der Waals surface area contributed by atoms with Gasteiger partial charge in [-0.05, 0) is 30.3 Å². The van der Waals surface area contributed by atoms with Gasteiger partial charge in [0.1, 0.15) is 10.7 Å². The van der Waals surface area contributed by atoms with E-state index in [4.69, 9.17) is 29.6 Å². The molecule has 0 amide bonds. The molecule has 0 fully saturated rings. The van der Waals surface area contributed by atoms with Gasteiger partial charge in [0.05, 0.1) is 22.0 Å². The van der Waals surface area contributed by atoms with Crippen molar-refractivity contribution in [2.75, 3.05) is 5.32 Å². The standard InChI is InChI=1S/C13H9ClF3N3S/c14-8-4-3-7(13(15,16)17)6-10(8)20-9-2-1-5-19-11(9)12(18)21/h1-6,20H,(H2,18,21). The van der Waals surface area contributed by atoms with E-state index in [-0.39, 0.29) is 21.4 Å². The van der Waals surface area contributed by atoms with Crippen molar-refractivity contribution in [3.63, 3.8) is 0 Å². The van der Waals surface area contributed by atoms with E-state index < -0.39 is 11.7 Å². The van der Waals surface area contributed by atoms with Crippen LogP contribution in [-0.4, -0.2) is 9.97 Å². The second-order valence-corrected chi connectivity index (χ2v) is 4.93. The third-order valence-electron chi connectivity index (χ3n) is 2.60. The Morgan fingerprint density at radius 1 is 1.24 bits per heavy atom. The SMILES string of the molecule is NC(=S)c1ncccc1Nc1cc(C(F)(F)F)ccc1Cl. The Bertz CT molecular complexity index is 689. The molecule has 0 radical (unpaired) electrons. The zero-order valence-electron chi connectivity index (χ0n) is 10.4. The van der Waals surface area contributed by atoms with Gasteiger partial charge >= 0.3 is 6.18 Å². The maximum absolute atomic E-state index is 12.7. The fraction of sp³-hybridized carbons (Fsp3) is 0.0769. The molecule has 0 aliphatic carbocycles. The molecule has 1 aromatic carbocycles. The lowest BCUT2D eigenvalue weighted by Gasteiger charge is -2.14. The van der Waals surface area contributed by atoms with Crippen molar-refractivity contribution in [3.05, 3.63) is 52.8 Å². The molecule has 0 bridgehead atoms. The molecule has 3 nitrogen and oxygen atoms in total. The summed E-state index contributed by atoms with van der Waals surface area (Å²) in [7, 11) is 0. The first-order valence-electron chi connectivity index (χ1n) is 5.67. The molecule has 2 aromatic rings. The Labute approximate surface area is 128 Å². The lowest BCUT2D eigenvalue weighted by molar-refractivity contribution is -0.137. The second kappa shape index (κ2) is 5.87. The fourth-order valence-corrected chi connectivity index (χ4v) is 1.97. The number of aromatic nitrogens is 1. The van der Waals surface area contributed by atoms with Crippen molar-refractivity contribution in [1.29, 1.82) is 0 Å². The van der Waals surface area contributed by atoms with E-state index in [1.165, 1.54) is 12.3 Å². The molecule has 1 heterocycles. The van der Waals surface area contributed by atoms with Crippen LogP contribution in [0.4, 0.5) is 24.5 Å². The van der Waals surface area contributed by atoms with Crippen molar-refractivity contribution in [2.45, 2.75) is 6.18 Å². The van der Waals surface area contributed by atoms with Crippen LogP contribution in [0.1, 0.15) is 11.3 Å². The number of anilines is 2. The molecule has 110 valence electrons. The summed E-state index contributed by atoms with van der Waals surface area (Å²) in [5, 5.41) is 2.91. The topological polar surface area (TPSA) is 50.9 Å². The normalized spacial score (nSPS) is 11.2. The summed E-state index contributed by atoms with van der Waals surface area (Å²) >= 11 is 10.8. The number of benzene rings is 1. The molecule has 2 rings (SSSR count). The van der Waals surface area contributed by atoms with Crippen LogP contribution in [0.15, 0.2) is 36.5 Å². The van der Waals surface area contributed by atoms with E-state index >= 15 is 0 Å². The molecule has 1 aromatic heterocycles. The summed E-state index contributed by atoms with van der Waals surface area (Å²) in [6, 6.07) is 6.19. The Morgan fingerprint density at radius 2 is 1.95 bits per heavy atom. The molecular formula is C13H9ClF3N3S. The Morgan fingerprint density at radius 3 is 2.57 bits per heavy atom. The monoisotopic (exact) mass is 331 g/mol. The molecule has 8 heteroatoms. The molecule has 0 saturated heterocycles. The summed E-state index contributed by atoms with van der Waals surface area (Å²) in [5.74, 6) is 0. The maximum Gasteiger partial charge on any atom is 0.416 e. The molecule has 0 atom stereocenters. The number of alkyl halides is 3. The number of halogens is 4. The van der Waals surface area contributed by atoms with Crippen LogP contribution in [0.3, 0.4) is 0 Å². The molecule has 0 saturated carbocycles. The third kappa shape index (κ3) is 3.62. The minimum atomic E-state index is -4.46. The highest BCUT2D eigenvalue weighted by Crippen LogP contribution is 2.35. The largest absolute Gasteiger partial charge is 0.416 e. The molecular weight excluding hydrogens is 323 g/mol. The number of thiocarbonyl (C=S) groups is 1. The van der Waals surface area contributed by atoms with Crippen LogP contribution < -0.4 is 11.1 Å². The van der Waals surface area contributed by atoms with E-state index in [2.05, 4.69) is 10.3 Å². The van der Waals surface area contributed by atoms with E-state index in [9.17, 15) is 13.2 Å². The third-order valence-corrected chi connectivity index (χ3v) is 3.13. The number of hydrogen-bond donors (Lipinski definition) is 2. The van der Waals surface area contributed by atoms with Crippen molar-refractivity contribution in [2.24, 2.45) is 5.73 Å². The minimum absolute atomic E-state index is 0.0289. The quantitative estimate of drug-likeness (QED) is 0.830. The van der Waals surface area contributed by atoms with Crippen LogP contribution in [0.5, 0.6) is 0 Å². The summed E-state index contributed by atoms with van der Waals surface area (Å²) in [6.07, 6.45) is -2.98. The van der Waals surface area contributed by atoms with Crippen LogP contribution >= 0.6 is 23.8 Å². The van der Waals surface area contributed by atoms with Crippen molar-refractivity contribution >= 4 is 40.2 Å². The number of nitrogens with two attached hydrogens (primary N) is 1. The fourth-order valence-electron chi connectivity index (χ4n) is 1.65. The van der Waals surface area contributed by atoms with Gasteiger partial charge in [-0.15, -0.1) is 0 Å². The smallest absolute Gasteiger partial charge is 0.388 e. The number of pyridine rings is 1. The van der Waals surface area contributed by atoms with Gasteiger partial charge in [0.15, 0.2) is 0 Å². The predicted molar refractivity (Wildman–Crippen MR) is 79.9 cm³/mol. The van der Waals surface area contributed by atoms with Crippen molar-refractivity contribution < 1.29 is 13.2 Å². The zero-order valence-corrected chi connectivity index (χ0v) is 12.0. The highest BCUT2D eigenvalue weighted by Gasteiger charge is 2.31. The molecule has 21 heavy (non-hydrogen) atoms. The highest BCUT2D eigenvalue weighted by molar-refractivity contribution is 7.80. The number of rotatable bonds is 3. The van der Waals surface area contributed by atoms with E-state index in [1.54, 1.807) is 12.1 Å². The molecule has 0 spiro atoms. The van der Waals surface area contributed by atoms with Gasteiger partial charge in [0.25, 0.3) is 0 Å². The van der Waals surface area contributed by atoms with Gasteiger partial charge in [0.2, 0.25) is 0 Å². The summed E-state index contributed by atoms with van der Waals surface area (Å²) in [5.41, 5.74) is 5.47. The Balaban J connectivity index is 2.43. The Hall–Kier alpha value is -1.86. The highest BCUT2D eigenvalue weighted by atomic mass is 35.5. The number of nitrogens with one attached hydrogen (secondary N) is 1. The maximum atomic E-state index is 12.7. The predicted octanol–water partition coefficient (Wildman–Crippen LogP) is 4.13. The average Bonchev–Trinajstić information content (AvgIpc) is 2.40. The first kappa shape index (κ1) is 15.5. The zero-order chi connectivity index (χ0) is 15.6. The molecule has 3 N–H and O–H groups in total. The van der Waals surface area contributed by atoms with Crippen LogP contribution in [0, 0.1) is 0 Å². The second-order valence-electron chi connectivity index (χ2n) is 4.08. The van der Waals surface area contributed by atoms with Gasteiger partial charge in [-0.25, -0.2) is 0 Å².